The number of pyridine rings is 1. The smallest absolute Gasteiger partial charge is 0.224 e. The molecule has 0 N–H and O–H groups in total. The number of carbonyl (C=O) groups is 1. The Balaban J connectivity index is 1.72. The van der Waals surface area contributed by atoms with Crippen molar-refractivity contribution in [1.29, 1.82) is 0 Å². The van der Waals surface area contributed by atoms with Gasteiger partial charge in [0, 0.05) is 25.2 Å². The van der Waals surface area contributed by atoms with Crippen LogP contribution in [0.4, 0.5) is 0 Å². The maximum absolute atomic E-state index is 13.0. The van der Waals surface area contributed by atoms with E-state index in [2.05, 4.69) is 16.9 Å². The van der Waals surface area contributed by atoms with Crippen molar-refractivity contribution in [3.8, 4) is 5.75 Å². The molecule has 0 spiro atoms. The molecule has 0 saturated carbocycles. The highest BCUT2D eigenvalue weighted by molar-refractivity contribution is 5.76. The molecule has 2 heterocycles. The predicted molar refractivity (Wildman–Crippen MR) is 102 cm³/mol. The van der Waals surface area contributed by atoms with E-state index in [4.69, 9.17) is 4.74 Å². The van der Waals surface area contributed by atoms with Crippen molar-refractivity contribution < 1.29 is 9.53 Å². The van der Waals surface area contributed by atoms with E-state index in [1.54, 1.807) is 13.3 Å². The van der Waals surface area contributed by atoms with Gasteiger partial charge in [-0.2, -0.15) is 0 Å². The van der Waals surface area contributed by atoms with Crippen molar-refractivity contribution in [3.05, 3.63) is 59.9 Å². The largest absolute Gasteiger partial charge is 0.497 e. The minimum atomic E-state index is 0.185. The van der Waals surface area contributed by atoms with Crippen LogP contribution >= 0.6 is 0 Å². The van der Waals surface area contributed by atoms with Crippen LogP contribution in [0.15, 0.2) is 48.7 Å². The van der Waals surface area contributed by atoms with E-state index in [1.165, 1.54) is 6.42 Å². The van der Waals surface area contributed by atoms with Crippen LogP contribution in [0.3, 0.4) is 0 Å². The van der Waals surface area contributed by atoms with Gasteiger partial charge < -0.3 is 14.5 Å². The van der Waals surface area contributed by atoms with E-state index < -0.39 is 0 Å². The van der Waals surface area contributed by atoms with Crippen LogP contribution in [0, 0.1) is 0 Å². The summed E-state index contributed by atoms with van der Waals surface area (Å²) in [5.41, 5.74) is 2.00. The molecule has 1 aromatic heterocycles. The molecule has 0 radical (unpaired) electrons. The Bertz CT molecular complexity index is 703. The average molecular weight is 353 g/mol. The molecule has 1 fully saturated rings. The molecule has 0 aliphatic carbocycles. The lowest BCUT2D eigenvalue weighted by Gasteiger charge is -2.26. The molecule has 3 rings (SSSR count). The monoisotopic (exact) mass is 353 g/mol. The lowest BCUT2D eigenvalue weighted by atomic mass is 10.1. The normalized spacial score (nSPS) is 17.2. The molecule has 1 saturated heterocycles. The number of amides is 1. The number of benzene rings is 1. The number of aromatic nitrogens is 1. The molecular formula is C21H27N3O2. The molecule has 5 heteroatoms. The Hall–Kier alpha value is -2.40. The summed E-state index contributed by atoms with van der Waals surface area (Å²) in [5, 5.41) is 0. The number of methoxy groups -OCH3 is 1. The van der Waals surface area contributed by atoms with Crippen LogP contribution < -0.4 is 4.74 Å². The first kappa shape index (κ1) is 18.4. The molecular weight excluding hydrogens is 326 g/mol. The van der Waals surface area contributed by atoms with Crippen molar-refractivity contribution in [2.45, 2.75) is 38.4 Å². The number of likely N-dealkylation sites (tertiary alicyclic amines) is 1. The molecule has 1 aromatic carbocycles. The summed E-state index contributed by atoms with van der Waals surface area (Å²) >= 11 is 0. The van der Waals surface area contributed by atoms with E-state index in [0.29, 0.717) is 25.6 Å². The van der Waals surface area contributed by atoms with Gasteiger partial charge >= 0.3 is 0 Å². The number of nitrogens with zero attached hydrogens (tertiary/aromatic N) is 3. The van der Waals surface area contributed by atoms with E-state index >= 15 is 0 Å². The SMILES string of the molecule is COc1ccc(CN(Cc2ccccn2)C(=O)C[C@H]2CCCN2C)cc1. The summed E-state index contributed by atoms with van der Waals surface area (Å²) in [6.07, 6.45) is 4.62. The molecule has 1 aliphatic rings. The third-order valence-electron chi connectivity index (χ3n) is 5.05. The maximum atomic E-state index is 13.0. The number of rotatable bonds is 7. The summed E-state index contributed by atoms with van der Waals surface area (Å²) in [6, 6.07) is 14.1. The van der Waals surface area contributed by atoms with Gasteiger partial charge in [0.25, 0.3) is 0 Å². The summed E-state index contributed by atoms with van der Waals surface area (Å²) < 4.78 is 5.22. The van der Waals surface area contributed by atoms with Crippen molar-refractivity contribution in [2.75, 3.05) is 20.7 Å². The fraction of sp³-hybridized carbons (Fsp3) is 0.429. The summed E-state index contributed by atoms with van der Waals surface area (Å²) in [4.78, 5) is 21.6. The van der Waals surface area contributed by atoms with Crippen LogP contribution in [0.1, 0.15) is 30.5 Å². The van der Waals surface area contributed by atoms with Crippen LogP contribution in [-0.2, 0) is 17.9 Å². The van der Waals surface area contributed by atoms with Gasteiger partial charge in [-0.25, -0.2) is 0 Å². The fourth-order valence-corrected chi connectivity index (χ4v) is 3.44. The van der Waals surface area contributed by atoms with Gasteiger partial charge in [0.05, 0.1) is 19.3 Å². The summed E-state index contributed by atoms with van der Waals surface area (Å²) in [5.74, 6) is 1.01. The summed E-state index contributed by atoms with van der Waals surface area (Å²) in [6.45, 7) is 2.19. The fourth-order valence-electron chi connectivity index (χ4n) is 3.44. The quantitative estimate of drug-likeness (QED) is 0.767. The van der Waals surface area contributed by atoms with Gasteiger partial charge in [-0.15, -0.1) is 0 Å². The third kappa shape index (κ3) is 4.82. The van der Waals surface area contributed by atoms with Gasteiger partial charge in [-0.1, -0.05) is 18.2 Å². The van der Waals surface area contributed by atoms with Crippen LogP contribution in [-0.4, -0.2) is 47.4 Å². The Kier molecular flexibility index (Phi) is 6.23. The average Bonchev–Trinajstić information content (AvgIpc) is 3.07. The Morgan fingerprint density at radius 3 is 2.65 bits per heavy atom. The van der Waals surface area contributed by atoms with Crippen LogP contribution in [0.25, 0.3) is 0 Å². The molecule has 26 heavy (non-hydrogen) atoms. The molecule has 5 nitrogen and oxygen atoms in total. The number of hydrogen-bond donors (Lipinski definition) is 0. The minimum absolute atomic E-state index is 0.185. The standard InChI is InChI=1S/C21H27N3O2/c1-23-13-5-7-19(23)14-21(25)24(16-18-6-3-4-12-22-18)15-17-8-10-20(26-2)11-9-17/h3-4,6,8-12,19H,5,7,13-16H2,1-2H3/t19-/m1/s1. The lowest BCUT2D eigenvalue weighted by molar-refractivity contribution is -0.133. The zero-order chi connectivity index (χ0) is 18.4. The first-order valence-electron chi connectivity index (χ1n) is 9.16. The van der Waals surface area contributed by atoms with E-state index in [1.807, 2.05) is 47.4 Å². The van der Waals surface area contributed by atoms with Crippen LogP contribution in [0.2, 0.25) is 0 Å². The molecule has 138 valence electrons. The van der Waals surface area contributed by atoms with Crippen molar-refractivity contribution in [2.24, 2.45) is 0 Å². The predicted octanol–water partition coefficient (Wildman–Crippen LogP) is 3.10. The van der Waals surface area contributed by atoms with Crippen molar-refractivity contribution >= 4 is 5.91 Å². The highest BCUT2D eigenvalue weighted by Gasteiger charge is 2.26. The molecule has 2 aromatic rings. The van der Waals surface area contributed by atoms with Gasteiger partial charge in [0.1, 0.15) is 5.75 Å². The van der Waals surface area contributed by atoms with Gasteiger partial charge in [0.15, 0.2) is 0 Å². The Morgan fingerprint density at radius 2 is 2.04 bits per heavy atom. The highest BCUT2D eigenvalue weighted by Crippen LogP contribution is 2.21. The number of ether oxygens (including phenoxy) is 1. The first-order chi connectivity index (χ1) is 12.7. The maximum Gasteiger partial charge on any atom is 0.224 e. The van der Waals surface area contributed by atoms with Crippen LogP contribution in [0.5, 0.6) is 5.75 Å². The van der Waals surface area contributed by atoms with E-state index in [0.717, 1.165) is 30.0 Å². The first-order valence-corrected chi connectivity index (χ1v) is 9.16. The van der Waals surface area contributed by atoms with Gasteiger partial charge in [-0.3, -0.25) is 9.78 Å². The zero-order valence-electron chi connectivity index (χ0n) is 15.6. The Morgan fingerprint density at radius 1 is 1.23 bits per heavy atom. The Labute approximate surface area is 155 Å². The molecule has 1 aliphatic heterocycles. The zero-order valence-corrected chi connectivity index (χ0v) is 15.6. The molecule has 1 atom stereocenters. The molecule has 1 amide bonds. The lowest BCUT2D eigenvalue weighted by Crippen LogP contribution is -2.36. The summed E-state index contributed by atoms with van der Waals surface area (Å²) in [7, 11) is 3.77. The van der Waals surface area contributed by atoms with Crippen molar-refractivity contribution in [1.82, 2.24) is 14.8 Å². The van der Waals surface area contributed by atoms with Gasteiger partial charge in [0.2, 0.25) is 5.91 Å². The second kappa shape index (κ2) is 8.81. The minimum Gasteiger partial charge on any atom is -0.497 e. The molecule has 0 unspecified atom stereocenters. The van der Waals surface area contributed by atoms with Crippen molar-refractivity contribution in [3.63, 3.8) is 0 Å². The third-order valence-corrected chi connectivity index (χ3v) is 5.05. The highest BCUT2D eigenvalue weighted by atomic mass is 16.5. The second-order valence-electron chi connectivity index (χ2n) is 6.90. The van der Waals surface area contributed by atoms with E-state index in [-0.39, 0.29) is 5.91 Å². The second-order valence-corrected chi connectivity index (χ2v) is 6.90. The molecule has 0 bridgehead atoms. The topological polar surface area (TPSA) is 45.7 Å². The van der Waals surface area contributed by atoms with Gasteiger partial charge in [-0.05, 0) is 56.3 Å². The number of carbonyl (C=O) groups excluding carboxylic acids is 1. The number of hydrogen-bond acceptors (Lipinski definition) is 4. The van der Waals surface area contributed by atoms with E-state index in [9.17, 15) is 4.79 Å².